The minimum Gasteiger partial charge on any atom is -0.383 e. The zero-order chi connectivity index (χ0) is 13.1. The van der Waals surface area contributed by atoms with Gasteiger partial charge >= 0.3 is 0 Å². The van der Waals surface area contributed by atoms with Crippen LogP contribution in [0.25, 0.3) is 0 Å². The first-order chi connectivity index (χ1) is 8.67. The molecular weight excluding hydrogens is 230 g/mol. The molecule has 1 aliphatic rings. The lowest BCUT2D eigenvalue weighted by Crippen LogP contribution is -2.35. The topological polar surface area (TPSA) is 58.3 Å². The van der Waals surface area contributed by atoms with Crippen molar-refractivity contribution >= 4 is 0 Å². The Morgan fingerprint density at radius 1 is 1.56 bits per heavy atom. The van der Waals surface area contributed by atoms with Crippen molar-refractivity contribution in [3.8, 4) is 6.07 Å². The summed E-state index contributed by atoms with van der Waals surface area (Å²) in [6.07, 6.45) is 0.844. The van der Waals surface area contributed by atoms with Gasteiger partial charge in [-0.3, -0.25) is 4.79 Å². The molecule has 0 spiro atoms. The van der Waals surface area contributed by atoms with Crippen molar-refractivity contribution in [3.63, 3.8) is 0 Å². The molecule has 0 unspecified atom stereocenters. The van der Waals surface area contributed by atoms with Crippen LogP contribution in [0.4, 0.5) is 0 Å². The van der Waals surface area contributed by atoms with E-state index in [1.807, 2.05) is 13.1 Å². The highest BCUT2D eigenvalue weighted by Crippen LogP contribution is 2.17. The van der Waals surface area contributed by atoms with Gasteiger partial charge in [0.15, 0.2) is 0 Å². The smallest absolute Gasteiger partial charge is 0.268 e. The molecule has 1 aromatic heterocycles. The molecule has 2 rings (SSSR count). The van der Waals surface area contributed by atoms with Gasteiger partial charge in [0.05, 0.1) is 6.61 Å². The average Bonchev–Trinajstić information content (AvgIpc) is 2.37. The van der Waals surface area contributed by atoms with Crippen LogP contribution in [0, 0.1) is 11.3 Å². The maximum absolute atomic E-state index is 12.1. The van der Waals surface area contributed by atoms with Gasteiger partial charge in [0.2, 0.25) is 0 Å². The van der Waals surface area contributed by atoms with E-state index in [-0.39, 0.29) is 11.1 Å². The van der Waals surface area contributed by atoms with Crippen LogP contribution >= 0.6 is 0 Å². The van der Waals surface area contributed by atoms with E-state index in [2.05, 4.69) is 4.90 Å². The van der Waals surface area contributed by atoms with E-state index in [1.54, 1.807) is 17.7 Å². The van der Waals surface area contributed by atoms with Crippen LogP contribution in [-0.4, -0.2) is 36.8 Å². The maximum atomic E-state index is 12.1. The molecule has 0 aliphatic carbocycles. The van der Waals surface area contributed by atoms with Crippen LogP contribution < -0.4 is 5.56 Å². The number of rotatable bonds is 3. The maximum Gasteiger partial charge on any atom is 0.268 e. The van der Waals surface area contributed by atoms with E-state index >= 15 is 0 Å². The molecule has 5 nitrogen and oxygen atoms in total. The molecular formula is C13H17N3O2. The number of hydrogen-bond acceptors (Lipinski definition) is 4. The van der Waals surface area contributed by atoms with Crippen LogP contribution in [0.3, 0.4) is 0 Å². The molecule has 1 aromatic rings. The van der Waals surface area contributed by atoms with E-state index in [4.69, 9.17) is 10.00 Å². The van der Waals surface area contributed by atoms with Crippen molar-refractivity contribution in [2.24, 2.45) is 0 Å². The molecule has 1 aliphatic heterocycles. The number of fused-ring (bicyclic) bond motifs is 1. The van der Waals surface area contributed by atoms with Gasteiger partial charge in [0, 0.05) is 38.9 Å². The average molecular weight is 247 g/mol. The summed E-state index contributed by atoms with van der Waals surface area (Å²) in [5, 5.41) is 9.03. The molecule has 0 amide bonds. The summed E-state index contributed by atoms with van der Waals surface area (Å²) >= 11 is 0. The summed E-state index contributed by atoms with van der Waals surface area (Å²) in [7, 11) is 3.65. The highest BCUT2D eigenvalue weighted by atomic mass is 16.5. The number of nitriles is 1. The molecule has 0 radical (unpaired) electrons. The van der Waals surface area contributed by atoms with Gasteiger partial charge in [0.1, 0.15) is 11.6 Å². The van der Waals surface area contributed by atoms with Crippen molar-refractivity contribution in [1.82, 2.24) is 9.47 Å². The summed E-state index contributed by atoms with van der Waals surface area (Å²) in [5.41, 5.74) is 2.16. The van der Waals surface area contributed by atoms with E-state index in [9.17, 15) is 4.79 Å². The second kappa shape index (κ2) is 5.34. The van der Waals surface area contributed by atoms with Crippen LogP contribution in [0.15, 0.2) is 10.9 Å². The summed E-state index contributed by atoms with van der Waals surface area (Å²) in [6.45, 7) is 2.72. The summed E-state index contributed by atoms with van der Waals surface area (Å²) in [4.78, 5) is 14.3. The fourth-order valence-electron chi connectivity index (χ4n) is 2.36. The van der Waals surface area contributed by atoms with E-state index in [0.717, 1.165) is 30.8 Å². The number of pyridine rings is 1. The molecule has 5 heteroatoms. The molecule has 0 fully saturated rings. The van der Waals surface area contributed by atoms with Crippen LogP contribution in [0.2, 0.25) is 0 Å². The lowest BCUT2D eigenvalue weighted by Gasteiger charge is -2.27. The Hall–Kier alpha value is -1.64. The quantitative estimate of drug-likeness (QED) is 0.773. The number of hydrogen-bond donors (Lipinski definition) is 0. The Bertz CT molecular complexity index is 542. The van der Waals surface area contributed by atoms with E-state index in [0.29, 0.717) is 13.2 Å². The van der Waals surface area contributed by atoms with Gasteiger partial charge in [0.25, 0.3) is 5.56 Å². The first-order valence-corrected chi connectivity index (χ1v) is 6.00. The summed E-state index contributed by atoms with van der Waals surface area (Å²) in [6, 6.07) is 3.72. The van der Waals surface area contributed by atoms with Crippen molar-refractivity contribution in [3.05, 3.63) is 33.2 Å². The fourth-order valence-corrected chi connectivity index (χ4v) is 2.36. The minimum absolute atomic E-state index is 0.196. The molecule has 0 atom stereocenters. The first kappa shape index (κ1) is 12.8. The predicted molar refractivity (Wildman–Crippen MR) is 67.3 cm³/mol. The van der Waals surface area contributed by atoms with E-state index in [1.165, 1.54) is 0 Å². The number of methoxy groups -OCH3 is 1. The van der Waals surface area contributed by atoms with Crippen molar-refractivity contribution in [2.45, 2.75) is 19.5 Å². The number of aromatic nitrogens is 1. The first-order valence-electron chi connectivity index (χ1n) is 6.00. The number of likely N-dealkylation sites (N-methyl/N-ethyl adjacent to an activating group) is 1. The second-order valence-electron chi connectivity index (χ2n) is 4.58. The van der Waals surface area contributed by atoms with Crippen molar-refractivity contribution in [2.75, 3.05) is 27.3 Å². The van der Waals surface area contributed by atoms with Crippen molar-refractivity contribution < 1.29 is 4.74 Å². The van der Waals surface area contributed by atoms with E-state index < -0.39 is 0 Å². The Balaban J connectivity index is 2.52. The highest BCUT2D eigenvalue weighted by molar-refractivity contribution is 5.35. The summed E-state index contributed by atoms with van der Waals surface area (Å²) in [5.74, 6) is 0. The fraction of sp³-hybridized carbons (Fsp3) is 0.538. The second-order valence-corrected chi connectivity index (χ2v) is 4.58. The Morgan fingerprint density at radius 2 is 2.33 bits per heavy atom. The standard InChI is InChI=1S/C13H17N3O2/c1-15-4-3-12-11(9-15)7-10(8-14)13(17)16(12)5-6-18-2/h7H,3-6,9H2,1-2H3. The predicted octanol–water partition coefficient (Wildman–Crippen LogP) is 0.354. The van der Waals surface area contributed by atoms with Gasteiger partial charge in [-0.25, -0.2) is 0 Å². The lowest BCUT2D eigenvalue weighted by molar-refractivity contribution is 0.184. The third-order valence-electron chi connectivity index (χ3n) is 3.30. The zero-order valence-electron chi connectivity index (χ0n) is 10.8. The Kier molecular flexibility index (Phi) is 3.80. The normalized spacial score (nSPS) is 15.2. The highest BCUT2D eigenvalue weighted by Gasteiger charge is 2.19. The molecule has 0 aromatic carbocycles. The third-order valence-corrected chi connectivity index (χ3v) is 3.30. The molecule has 0 bridgehead atoms. The largest absolute Gasteiger partial charge is 0.383 e. The molecule has 2 heterocycles. The monoisotopic (exact) mass is 247 g/mol. The molecule has 0 saturated carbocycles. The van der Waals surface area contributed by atoms with Crippen LogP contribution in [0.5, 0.6) is 0 Å². The Labute approximate surface area is 106 Å². The van der Waals surface area contributed by atoms with Gasteiger partial charge in [-0.15, -0.1) is 0 Å². The molecule has 96 valence electrons. The van der Waals surface area contributed by atoms with Gasteiger partial charge in [-0.05, 0) is 18.7 Å². The van der Waals surface area contributed by atoms with Crippen LogP contribution in [-0.2, 0) is 24.2 Å². The summed E-state index contributed by atoms with van der Waals surface area (Å²) < 4.78 is 6.73. The molecule has 0 N–H and O–H groups in total. The number of nitrogens with zero attached hydrogens (tertiary/aromatic N) is 3. The molecule has 18 heavy (non-hydrogen) atoms. The van der Waals surface area contributed by atoms with Gasteiger partial charge < -0.3 is 14.2 Å². The Morgan fingerprint density at radius 3 is 3.00 bits per heavy atom. The van der Waals surface area contributed by atoms with Gasteiger partial charge in [-0.2, -0.15) is 5.26 Å². The zero-order valence-corrected chi connectivity index (χ0v) is 10.8. The van der Waals surface area contributed by atoms with Gasteiger partial charge in [-0.1, -0.05) is 0 Å². The SMILES string of the molecule is COCCn1c2c(cc(C#N)c1=O)CN(C)CC2. The lowest BCUT2D eigenvalue weighted by atomic mass is 10.0. The molecule has 0 saturated heterocycles. The number of ether oxygens (including phenoxy) is 1. The van der Waals surface area contributed by atoms with Crippen LogP contribution in [0.1, 0.15) is 16.8 Å². The minimum atomic E-state index is -0.196. The van der Waals surface area contributed by atoms with Crippen molar-refractivity contribution in [1.29, 1.82) is 5.26 Å². The third kappa shape index (κ3) is 2.30.